The average Bonchev–Trinajstić information content (AvgIpc) is 2.45. The number of carbonyl (C=O) groups is 1. The minimum atomic E-state index is -0.391. The van der Waals surface area contributed by atoms with Gasteiger partial charge in [0.25, 0.3) is 0 Å². The topological polar surface area (TPSA) is 35.5 Å². The molecule has 0 aliphatic heterocycles. The van der Waals surface area contributed by atoms with Gasteiger partial charge in [0.2, 0.25) is 0 Å². The first-order chi connectivity index (χ1) is 9.20. The van der Waals surface area contributed by atoms with Crippen molar-refractivity contribution in [3.05, 3.63) is 64.1 Å². The van der Waals surface area contributed by atoms with E-state index in [1.54, 1.807) is 18.2 Å². The van der Waals surface area contributed by atoms with E-state index in [1.165, 1.54) is 7.11 Å². The molecule has 0 unspecified atom stereocenters. The Labute approximate surface area is 120 Å². The van der Waals surface area contributed by atoms with Crippen LogP contribution in [-0.2, 0) is 11.3 Å². The third-order valence-electron chi connectivity index (χ3n) is 2.59. The van der Waals surface area contributed by atoms with Crippen molar-refractivity contribution in [2.75, 3.05) is 7.11 Å². The van der Waals surface area contributed by atoms with Gasteiger partial charge in [0.1, 0.15) is 17.9 Å². The van der Waals surface area contributed by atoms with Crippen LogP contribution in [0.15, 0.2) is 53.0 Å². The fourth-order valence-corrected chi connectivity index (χ4v) is 2.11. The highest BCUT2D eigenvalue weighted by Crippen LogP contribution is 2.19. The van der Waals surface area contributed by atoms with Crippen molar-refractivity contribution in [1.29, 1.82) is 0 Å². The second-order valence-corrected chi connectivity index (χ2v) is 4.82. The van der Waals surface area contributed by atoms with E-state index in [2.05, 4.69) is 15.9 Å². The summed E-state index contributed by atoms with van der Waals surface area (Å²) in [5.41, 5.74) is 1.36. The predicted octanol–water partition coefficient (Wildman–Crippen LogP) is 3.81. The van der Waals surface area contributed by atoms with Crippen LogP contribution in [-0.4, -0.2) is 13.1 Å². The average molecular weight is 321 g/mol. The fourth-order valence-electron chi connectivity index (χ4n) is 1.67. The highest BCUT2D eigenvalue weighted by Gasteiger charge is 2.12. The molecule has 0 N–H and O–H groups in total. The van der Waals surface area contributed by atoms with Gasteiger partial charge >= 0.3 is 5.97 Å². The lowest BCUT2D eigenvalue weighted by molar-refractivity contribution is 0.0469. The second kappa shape index (κ2) is 6.38. The van der Waals surface area contributed by atoms with Crippen LogP contribution < -0.4 is 4.74 Å². The monoisotopic (exact) mass is 320 g/mol. The van der Waals surface area contributed by atoms with Crippen molar-refractivity contribution in [3.8, 4) is 5.75 Å². The van der Waals surface area contributed by atoms with Gasteiger partial charge in [-0.25, -0.2) is 4.79 Å². The number of para-hydroxylation sites is 1. The number of methoxy groups -OCH3 is 1. The first kappa shape index (κ1) is 13.6. The highest BCUT2D eigenvalue weighted by molar-refractivity contribution is 9.10. The summed E-state index contributed by atoms with van der Waals surface area (Å²) in [6.07, 6.45) is 0. The van der Waals surface area contributed by atoms with Gasteiger partial charge in [-0.1, -0.05) is 40.2 Å². The molecule has 0 spiro atoms. The molecule has 19 heavy (non-hydrogen) atoms. The maximum Gasteiger partial charge on any atom is 0.342 e. The lowest BCUT2D eigenvalue weighted by Crippen LogP contribution is -2.07. The van der Waals surface area contributed by atoms with Crippen LogP contribution in [0.1, 0.15) is 15.9 Å². The zero-order chi connectivity index (χ0) is 13.7. The zero-order valence-corrected chi connectivity index (χ0v) is 12.0. The summed E-state index contributed by atoms with van der Waals surface area (Å²) in [4.78, 5) is 12.0. The SMILES string of the molecule is COc1ccccc1C(=O)OCc1cccc(Br)c1. The molecule has 0 saturated heterocycles. The van der Waals surface area contributed by atoms with Crippen molar-refractivity contribution in [2.24, 2.45) is 0 Å². The first-order valence-corrected chi connectivity index (χ1v) is 6.54. The third kappa shape index (κ3) is 3.58. The number of halogens is 1. The van der Waals surface area contributed by atoms with E-state index in [-0.39, 0.29) is 6.61 Å². The Morgan fingerprint density at radius 1 is 1.16 bits per heavy atom. The Balaban J connectivity index is 2.05. The van der Waals surface area contributed by atoms with Crippen LogP contribution in [0.25, 0.3) is 0 Å². The Morgan fingerprint density at radius 2 is 1.95 bits per heavy atom. The summed E-state index contributed by atoms with van der Waals surface area (Å²) in [5.74, 6) is 0.124. The van der Waals surface area contributed by atoms with Gasteiger partial charge in [-0.2, -0.15) is 0 Å². The number of esters is 1. The molecule has 0 fully saturated rings. The van der Waals surface area contributed by atoms with Crippen molar-refractivity contribution in [3.63, 3.8) is 0 Å². The molecule has 0 aliphatic carbocycles. The van der Waals surface area contributed by atoms with Gasteiger partial charge in [0, 0.05) is 4.47 Å². The molecule has 0 heterocycles. The molecule has 4 heteroatoms. The van der Waals surface area contributed by atoms with Crippen LogP contribution >= 0.6 is 15.9 Å². The molecule has 0 bridgehead atoms. The van der Waals surface area contributed by atoms with Crippen LogP contribution in [0.3, 0.4) is 0 Å². The largest absolute Gasteiger partial charge is 0.496 e. The van der Waals surface area contributed by atoms with E-state index in [9.17, 15) is 4.79 Å². The minimum absolute atomic E-state index is 0.232. The number of carbonyl (C=O) groups excluding carboxylic acids is 1. The molecule has 0 atom stereocenters. The molecular weight excluding hydrogens is 308 g/mol. The Hall–Kier alpha value is -1.81. The number of rotatable bonds is 4. The van der Waals surface area contributed by atoms with Gasteiger partial charge in [-0.3, -0.25) is 0 Å². The first-order valence-electron chi connectivity index (χ1n) is 5.75. The molecule has 98 valence electrons. The normalized spacial score (nSPS) is 10.0. The summed E-state index contributed by atoms with van der Waals surface area (Å²) in [5, 5.41) is 0. The summed E-state index contributed by atoms with van der Waals surface area (Å²) in [6.45, 7) is 0.232. The summed E-state index contributed by atoms with van der Waals surface area (Å²) in [6, 6.07) is 14.6. The maximum atomic E-state index is 12.0. The molecule has 2 aromatic carbocycles. The maximum absolute atomic E-state index is 12.0. The molecule has 0 aliphatic rings. The molecular formula is C15H13BrO3. The Bertz CT molecular complexity index is 581. The van der Waals surface area contributed by atoms with Crippen molar-refractivity contribution < 1.29 is 14.3 Å². The van der Waals surface area contributed by atoms with E-state index in [1.807, 2.05) is 30.3 Å². The van der Waals surface area contributed by atoms with E-state index >= 15 is 0 Å². The van der Waals surface area contributed by atoms with E-state index in [0.29, 0.717) is 11.3 Å². The van der Waals surface area contributed by atoms with Gasteiger partial charge in [-0.05, 0) is 29.8 Å². The van der Waals surface area contributed by atoms with E-state index in [0.717, 1.165) is 10.0 Å². The molecule has 0 radical (unpaired) electrons. The van der Waals surface area contributed by atoms with Crippen LogP contribution in [0.5, 0.6) is 5.75 Å². The summed E-state index contributed by atoms with van der Waals surface area (Å²) < 4.78 is 11.4. The van der Waals surface area contributed by atoms with Crippen LogP contribution in [0.4, 0.5) is 0 Å². The van der Waals surface area contributed by atoms with Crippen molar-refractivity contribution in [1.82, 2.24) is 0 Å². The van der Waals surface area contributed by atoms with Crippen molar-refractivity contribution in [2.45, 2.75) is 6.61 Å². The number of ether oxygens (including phenoxy) is 2. The summed E-state index contributed by atoms with van der Waals surface area (Å²) >= 11 is 3.38. The van der Waals surface area contributed by atoms with Crippen LogP contribution in [0.2, 0.25) is 0 Å². The fraction of sp³-hybridized carbons (Fsp3) is 0.133. The second-order valence-electron chi connectivity index (χ2n) is 3.91. The quantitative estimate of drug-likeness (QED) is 0.803. The lowest BCUT2D eigenvalue weighted by atomic mass is 10.2. The lowest BCUT2D eigenvalue weighted by Gasteiger charge is -2.08. The molecule has 0 amide bonds. The molecule has 2 aromatic rings. The molecule has 0 aromatic heterocycles. The Kier molecular flexibility index (Phi) is 4.58. The minimum Gasteiger partial charge on any atom is -0.496 e. The van der Waals surface area contributed by atoms with Crippen molar-refractivity contribution >= 4 is 21.9 Å². The van der Waals surface area contributed by atoms with Gasteiger partial charge < -0.3 is 9.47 Å². The molecule has 0 saturated carbocycles. The number of benzene rings is 2. The molecule has 3 nitrogen and oxygen atoms in total. The third-order valence-corrected chi connectivity index (χ3v) is 3.08. The zero-order valence-electron chi connectivity index (χ0n) is 10.4. The predicted molar refractivity (Wildman–Crippen MR) is 76.3 cm³/mol. The highest BCUT2D eigenvalue weighted by atomic mass is 79.9. The number of hydrogen-bond acceptors (Lipinski definition) is 3. The standard InChI is InChI=1S/C15H13BrO3/c1-18-14-8-3-2-7-13(14)15(17)19-10-11-5-4-6-12(16)9-11/h2-9H,10H2,1H3. The summed E-state index contributed by atoms with van der Waals surface area (Å²) in [7, 11) is 1.53. The molecule has 2 rings (SSSR count). The van der Waals surface area contributed by atoms with E-state index in [4.69, 9.17) is 9.47 Å². The van der Waals surface area contributed by atoms with Gasteiger partial charge in [0.15, 0.2) is 0 Å². The number of hydrogen-bond donors (Lipinski definition) is 0. The Morgan fingerprint density at radius 3 is 2.68 bits per heavy atom. The van der Waals surface area contributed by atoms with Gasteiger partial charge in [-0.15, -0.1) is 0 Å². The van der Waals surface area contributed by atoms with E-state index < -0.39 is 5.97 Å². The van der Waals surface area contributed by atoms with Gasteiger partial charge in [0.05, 0.1) is 7.11 Å². The van der Waals surface area contributed by atoms with Crippen LogP contribution in [0, 0.1) is 0 Å². The smallest absolute Gasteiger partial charge is 0.342 e.